The molecule has 1 aromatic rings. The molecule has 3 aliphatic rings. The van der Waals surface area contributed by atoms with E-state index in [0.717, 1.165) is 57.3 Å². The summed E-state index contributed by atoms with van der Waals surface area (Å²) in [6.07, 6.45) is 5.24. The number of alkyl carbamates (subject to hydrolysis) is 1. The van der Waals surface area contributed by atoms with Crippen LogP contribution in [0.5, 0.6) is 0 Å². The van der Waals surface area contributed by atoms with Gasteiger partial charge < -0.3 is 25.0 Å². The number of nitrogens with zero attached hydrogens (tertiary/aromatic N) is 3. The Balaban J connectivity index is 1.48. The fraction of sp³-hybridized carbons (Fsp3) is 0.762. The van der Waals surface area contributed by atoms with Crippen LogP contribution in [0.4, 0.5) is 4.79 Å². The van der Waals surface area contributed by atoms with Gasteiger partial charge in [-0.3, -0.25) is 9.48 Å². The zero-order chi connectivity index (χ0) is 21.1. The summed E-state index contributed by atoms with van der Waals surface area (Å²) in [5, 5.41) is 10.9. The molecular weight excluding hydrogens is 386 g/mol. The van der Waals surface area contributed by atoms with E-state index in [2.05, 4.69) is 27.0 Å². The van der Waals surface area contributed by atoms with E-state index < -0.39 is 12.2 Å². The highest BCUT2D eigenvalue weighted by Crippen LogP contribution is 2.38. The summed E-state index contributed by atoms with van der Waals surface area (Å²) in [5.74, 6) is 0.0841. The van der Waals surface area contributed by atoms with E-state index in [0.29, 0.717) is 25.7 Å². The number of amides is 2. The maximum absolute atomic E-state index is 13.3. The van der Waals surface area contributed by atoms with Gasteiger partial charge in [0, 0.05) is 37.9 Å². The number of carbonyl (C=O) groups excluding carboxylic acids is 2. The number of fused-ring (bicyclic) bond motifs is 1. The molecule has 0 aromatic carbocycles. The Kier molecular flexibility index (Phi) is 6.58. The minimum absolute atomic E-state index is 0.0585. The van der Waals surface area contributed by atoms with E-state index in [1.54, 1.807) is 0 Å². The molecule has 0 unspecified atom stereocenters. The van der Waals surface area contributed by atoms with Crippen LogP contribution in [0.15, 0.2) is 0 Å². The lowest BCUT2D eigenvalue weighted by Gasteiger charge is -2.33. The molecule has 1 aliphatic heterocycles. The predicted molar refractivity (Wildman–Crippen MR) is 110 cm³/mol. The maximum Gasteiger partial charge on any atom is 0.406 e. The Morgan fingerprint density at radius 1 is 1.40 bits per heavy atom. The molecule has 2 amide bonds. The number of aromatic nitrogens is 2. The van der Waals surface area contributed by atoms with Crippen LogP contribution >= 0.6 is 0 Å². The van der Waals surface area contributed by atoms with Crippen molar-refractivity contribution < 1.29 is 19.1 Å². The molecule has 0 radical (unpaired) electrons. The van der Waals surface area contributed by atoms with E-state index in [1.165, 1.54) is 18.4 Å². The van der Waals surface area contributed by atoms with Crippen LogP contribution in [0, 0.1) is 0 Å². The molecule has 2 aliphatic carbocycles. The molecule has 9 nitrogen and oxygen atoms in total. The van der Waals surface area contributed by atoms with Crippen molar-refractivity contribution in [2.24, 2.45) is 0 Å². The summed E-state index contributed by atoms with van der Waals surface area (Å²) >= 11 is 0. The number of ether oxygens (including phenoxy) is 2. The van der Waals surface area contributed by atoms with Gasteiger partial charge in [0.25, 0.3) is 5.91 Å². The predicted octanol–water partition coefficient (Wildman–Crippen LogP) is 1.16. The third-order valence-electron chi connectivity index (χ3n) is 6.25. The van der Waals surface area contributed by atoms with E-state index in [4.69, 9.17) is 9.84 Å². The highest BCUT2D eigenvalue weighted by Gasteiger charge is 2.41. The quantitative estimate of drug-likeness (QED) is 0.614. The number of hydrogen-bond acceptors (Lipinski definition) is 6. The van der Waals surface area contributed by atoms with Crippen LogP contribution in [0.1, 0.15) is 55.6 Å². The summed E-state index contributed by atoms with van der Waals surface area (Å²) in [7, 11) is 1.37. The van der Waals surface area contributed by atoms with E-state index >= 15 is 0 Å². The van der Waals surface area contributed by atoms with Crippen LogP contribution < -0.4 is 10.6 Å². The lowest BCUT2D eigenvalue weighted by molar-refractivity contribution is -0.148. The van der Waals surface area contributed by atoms with Gasteiger partial charge in [-0.1, -0.05) is 0 Å². The number of hydrogen-bond donors (Lipinski definition) is 2. The number of methoxy groups -OCH3 is 1. The second kappa shape index (κ2) is 9.34. The van der Waals surface area contributed by atoms with Gasteiger partial charge in [-0.15, -0.1) is 0 Å². The lowest BCUT2D eigenvalue weighted by atomic mass is 10.1. The zero-order valence-corrected chi connectivity index (χ0v) is 18.0. The average molecular weight is 420 g/mol. The number of rotatable bonds is 8. The molecule has 1 saturated carbocycles. The van der Waals surface area contributed by atoms with Gasteiger partial charge in [0.15, 0.2) is 0 Å². The Bertz CT molecular complexity index is 770. The summed E-state index contributed by atoms with van der Waals surface area (Å²) in [4.78, 5) is 26.5. The van der Waals surface area contributed by atoms with Gasteiger partial charge in [0.05, 0.1) is 25.5 Å². The standard InChI is InChI=1S/C21H33N5O4/c1-14(26(15-7-8-15)20(27)18-13-22-10-12-30-18)19-16-5-3-6-17(16)25(24-19)11-4-9-23-21(28)29-2/h14-15,18,22H,3-13H2,1-2H3,(H,23,28)/t14-,18-/m1/s1. The van der Waals surface area contributed by atoms with E-state index in [1.807, 2.05) is 4.90 Å². The molecule has 4 rings (SSSR count). The molecule has 2 N–H and O–H groups in total. The lowest BCUT2D eigenvalue weighted by Crippen LogP contribution is -2.50. The highest BCUT2D eigenvalue weighted by atomic mass is 16.5. The fourth-order valence-corrected chi connectivity index (χ4v) is 4.61. The van der Waals surface area contributed by atoms with E-state index in [9.17, 15) is 9.59 Å². The summed E-state index contributed by atoms with van der Waals surface area (Å²) in [6, 6.07) is 0.237. The minimum Gasteiger partial charge on any atom is -0.453 e. The van der Waals surface area contributed by atoms with Crippen molar-refractivity contribution in [1.82, 2.24) is 25.3 Å². The normalized spacial score (nSPS) is 21.7. The molecule has 2 heterocycles. The van der Waals surface area contributed by atoms with Crippen molar-refractivity contribution >= 4 is 12.0 Å². The first-order valence-electron chi connectivity index (χ1n) is 11.1. The number of morpholine rings is 1. The van der Waals surface area contributed by atoms with Gasteiger partial charge >= 0.3 is 6.09 Å². The minimum atomic E-state index is -0.409. The van der Waals surface area contributed by atoms with Crippen molar-refractivity contribution in [2.75, 3.05) is 33.4 Å². The van der Waals surface area contributed by atoms with Crippen molar-refractivity contribution in [3.05, 3.63) is 17.0 Å². The number of aryl methyl sites for hydroxylation is 1. The summed E-state index contributed by atoms with van der Waals surface area (Å²) < 4.78 is 12.5. The van der Waals surface area contributed by atoms with Gasteiger partial charge in [-0.05, 0) is 51.0 Å². The third kappa shape index (κ3) is 4.46. The Morgan fingerprint density at radius 2 is 2.23 bits per heavy atom. The maximum atomic E-state index is 13.3. The third-order valence-corrected chi connectivity index (χ3v) is 6.25. The summed E-state index contributed by atoms with van der Waals surface area (Å²) in [5.41, 5.74) is 3.63. The van der Waals surface area contributed by atoms with Gasteiger partial charge in [-0.2, -0.15) is 5.10 Å². The molecule has 2 atom stereocenters. The van der Waals surface area contributed by atoms with E-state index in [-0.39, 0.29) is 11.9 Å². The van der Waals surface area contributed by atoms with Crippen LogP contribution in [0.2, 0.25) is 0 Å². The van der Waals surface area contributed by atoms with Crippen molar-refractivity contribution in [1.29, 1.82) is 0 Å². The highest BCUT2D eigenvalue weighted by molar-refractivity contribution is 5.82. The second-order valence-corrected chi connectivity index (χ2v) is 8.38. The molecule has 2 fully saturated rings. The SMILES string of the molecule is COC(=O)NCCCn1nc([C@@H](C)N(C(=O)[C@H]2CNCCO2)C2CC2)c2c1CCC2. The van der Waals surface area contributed by atoms with Crippen molar-refractivity contribution in [3.63, 3.8) is 0 Å². The van der Waals surface area contributed by atoms with Crippen LogP contribution in [0.3, 0.4) is 0 Å². The summed E-state index contributed by atoms with van der Waals surface area (Å²) in [6.45, 7) is 5.35. The molecule has 1 saturated heterocycles. The molecule has 0 spiro atoms. The molecule has 166 valence electrons. The van der Waals surface area contributed by atoms with Crippen molar-refractivity contribution in [3.8, 4) is 0 Å². The zero-order valence-electron chi connectivity index (χ0n) is 18.0. The van der Waals surface area contributed by atoms with Crippen molar-refractivity contribution in [2.45, 2.75) is 70.2 Å². The van der Waals surface area contributed by atoms with Gasteiger partial charge in [0.1, 0.15) is 6.10 Å². The Labute approximate surface area is 177 Å². The number of carbonyl (C=O) groups is 2. The second-order valence-electron chi connectivity index (χ2n) is 8.38. The monoisotopic (exact) mass is 419 g/mol. The van der Waals surface area contributed by atoms with Crippen LogP contribution in [-0.4, -0.2) is 72.2 Å². The van der Waals surface area contributed by atoms with Crippen LogP contribution in [0.25, 0.3) is 0 Å². The van der Waals surface area contributed by atoms with Gasteiger partial charge in [-0.25, -0.2) is 4.79 Å². The smallest absolute Gasteiger partial charge is 0.406 e. The molecule has 1 aromatic heterocycles. The average Bonchev–Trinajstić information content (AvgIpc) is 3.37. The first-order chi connectivity index (χ1) is 14.6. The molecule has 0 bridgehead atoms. The topological polar surface area (TPSA) is 97.7 Å². The van der Waals surface area contributed by atoms with Crippen LogP contribution in [-0.2, 0) is 33.7 Å². The largest absolute Gasteiger partial charge is 0.453 e. The first kappa shape index (κ1) is 21.1. The first-order valence-corrected chi connectivity index (χ1v) is 11.1. The van der Waals surface area contributed by atoms with Gasteiger partial charge in [0.2, 0.25) is 0 Å². The Morgan fingerprint density at radius 3 is 2.93 bits per heavy atom. The fourth-order valence-electron chi connectivity index (χ4n) is 4.61. The molecule has 9 heteroatoms. The Hall–Kier alpha value is -2.13. The number of nitrogens with one attached hydrogen (secondary N) is 2. The molecule has 30 heavy (non-hydrogen) atoms. The molecular formula is C21H33N5O4.